The Morgan fingerprint density at radius 3 is 2.22 bits per heavy atom. The first kappa shape index (κ1) is 24.8. The molecule has 1 amide bonds. The molecule has 0 fully saturated rings. The lowest BCUT2D eigenvalue weighted by Gasteiger charge is -2.20. The molecule has 1 heterocycles. The van der Waals surface area contributed by atoms with Gasteiger partial charge in [0.15, 0.2) is 0 Å². The van der Waals surface area contributed by atoms with E-state index in [1.54, 1.807) is 0 Å². The van der Waals surface area contributed by atoms with Gasteiger partial charge < -0.3 is 10.6 Å². The van der Waals surface area contributed by atoms with Gasteiger partial charge in [0.25, 0.3) is 0 Å². The van der Waals surface area contributed by atoms with Crippen molar-refractivity contribution in [3.63, 3.8) is 0 Å². The third-order valence-corrected chi connectivity index (χ3v) is 6.17. The molecule has 4 aromatic rings. The zero-order valence-corrected chi connectivity index (χ0v) is 20.5. The molecule has 1 unspecified atom stereocenters. The number of hydrogen-bond acceptors (Lipinski definition) is 5. The Labute approximate surface area is 212 Å². The number of nitrogens with zero attached hydrogens (tertiary/aromatic N) is 3. The van der Waals surface area contributed by atoms with Gasteiger partial charge >= 0.3 is 0 Å². The van der Waals surface area contributed by atoms with Gasteiger partial charge in [0.2, 0.25) is 5.91 Å². The second-order valence-electron chi connectivity index (χ2n) is 8.88. The zero-order chi connectivity index (χ0) is 25.3. The Bertz CT molecular complexity index is 1310. The first-order chi connectivity index (χ1) is 17.5. The van der Waals surface area contributed by atoms with Crippen LogP contribution in [0.5, 0.6) is 0 Å². The van der Waals surface area contributed by atoms with Crippen LogP contribution < -0.4 is 10.6 Å². The fraction of sp³-hybridized carbons (Fsp3) is 0.200. The Morgan fingerprint density at radius 1 is 0.861 bits per heavy atom. The number of nitriles is 1. The maximum atomic E-state index is 13.3. The maximum absolute atomic E-state index is 13.3. The predicted octanol–water partition coefficient (Wildman–Crippen LogP) is 5.44. The Hall–Kier alpha value is -4.34. The quantitative estimate of drug-likeness (QED) is 0.336. The van der Waals surface area contributed by atoms with Crippen molar-refractivity contribution in [3.8, 4) is 17.3 Å². The second-order valence-corrected chi connectivity index (χ2v) is 8.88. The summed E-state index contributed by atoms with van der Waals surface area (Å²) in [5.41, 5.74) is 6.10. The lowest BCUT2D eigenvalue weighted by molar-refractivity contribution is -0.117. The summed E-state index contributed by atoms with van der Waals surface area (Å²) in [6.45, 7) is 5.26. The van der Waals surface area contributed by atoms with Crippen LogP contribution in [-0.4, -0.2) is 29.2 Å². The van der Waals surface area contributed by atoms with E-state index in [2.05, 4.69) is 33.8 Å². The van der Waals surface area contributed by atoms with Crippen molar-refractivity contribution in [1.82, 2.24) is 15.5 Å². The predicted molar refractivity (Wildman–Crippen MR) is 142 cm³/mol. The molecule has 0 radical (unpaired) electrons. The van der Waals surface area contributed by atoms with Gasteiger partial charge in [-0.3, -0.25) is 4.79 Å². The van der Waals surface area contributed by atoms with E-state index >= 15 is 0 Å². The topological polar surface area (TPSA) is 90.7 Å². The molecule has 0 bridgehead atoms. The minimum absolute atomic E-state index is 0.0670. The largest absolute Gasteiger partial charge is 0.326 e. The van der Waals surface area contributed by atoms with Crippen LogP contribution in [0, 0.1) is 18.3 Å². The highest BCUT2D eigenvalue weighted by atomic mass is 16.1. The van der Waals surface area contributed by atoms with E-state index in [1.165, 1.54) is 0 Å². The molecule has 2 N–H and O–H groups in total. The van der Waals surface area contributed by atoms with Crippen molar-refractivity contribution in [2.24, 2.45) is 0 Å². The minimum Gasteiger partial charge on any atom is -0.326 e. The van der Waals surface area contributed by atoms with Gasteiger partial charge in [-0.2, -0.15) is 15.5 Å². The van der Waals surface area contributed by atoms with Crippen molar-refractivity contribution in [2.45, 2.75) is 25.7 Å². The first-order valence-electron chi connectivity index (χ1n) is 12.0. The van der Waals surface area contributed by atoms with Crippen LogP contribution in [-0.2, 0) is 4.79 Å². The van der Waals surface area contributed by atoms with Gasteiger partial charge in [-0.15, -0.1) is 0 Å². The number of carbonyl (C=O) groups is 1. The molecule has 36 heavy (non-hydrogen) atoms. The molecule has 2 atom stereocenters. The summed E-state index contributed by atoms with van der Waals surface area (Å²) in [5.74, 6) is -0.167. The number of aryl methyl sites for hydroxylation is 1. The van der Waals surface area contributed by atoms with Gasteiger partial charge in [0, 0.05) is 24.3 Å². The van der Waals surface area contributed by atoms with Crippen molar-refractivity contribution < 1.29 is 4.79 Å². The van der Waals surface area contributed by atoms with E-state index in [0.717, 1.165) is 40.3 Å². The fourth-order valence-corrected chi connectivity index (χ4v) is 4.00. The number of aromatic nitrogens is 2. The van der Waals surface area contributed by atoms with E-state index in [-0.39, 0.29) is 17.7 Å². The molecule has 1 aromatic heterocycles. The second kappa shape index (κ2) is 11.9. The Morgan fingerprint density at radius 2 is 1.58 bits per heavy atom. The highest BCUT2D eigenvalue weighted by Crippen LogP contribution is 2.22. The number of amides is 1. The molecular weight excluding hydrogens is 446 g/mol. The summed E-state index contributed by atoms with van der Waals surface area (Å²) >= 11 is 0. The van der Waals surface area contributed by atoms with Crippen LogP contribution >= 0.6 is 0 Å². The standard InChI is InChI=1S/C30H29N5O/c1-21(24-11-9-23(18-31)10-12-24)19-32-20-28(25-6-4-3-5-7-25)30(36)33-27-15-13-26(14-16-27)29-17-8-22(2)34-35-29/h3-17,21,28,32H,19-20H2,1-2H3,(H,33,36)/t21-,28?/m1/s1. The van der Waals surface area contributed by atoms with Gasteiger partial charge in [-0.1, -0.05) is 61.5 Å². The van der Waals surface area contributed by atoms with Crippen LogP contribution in [0.1, 0.15) is 41.1 Å². The highest BCUT2D eigenvalue weighted by Gasteiger charge is 2.21. The molecule has 0 aliphatic carbocycles. The molecule has 6 nitrogen and oxygen atoms in total. The SMILES string of the molecule is Cc1ccc(-c2ccc(NC(=O)C(CNC[C@@H](C)c3ccc(C#N)cc3)c3ccccc3)cc2)nn1. The monoisotopic (exact) mass is 475 g/mol. The smallest absolute Gasteiger partial charge is 0.233 e. The molecule has 6 heteroatoms. The lowest BCUT2D eigenvalue weighted by atomic mass is 9.96. The van der Waals surface area contributed by atoms with Gasteiger partial charge in [0.1, 0.15) is 0 Å². The van der Waals surface area contributed by atoms with E-state index in [0.29, 0.717) is 12.1 Å². The average molecular weight is 476 g/mol. The van der Waals surface area contributed by atoms with Crippen LogP contribution in [0.2, 0.25) is 0 Å². The van der Waals surface area contributed by atoms with E-state index in [4.69, 9.17) is 5.26 Å². The van der Waals surface area contributed by atoms with E-state index in [1.807, 2.05) is 97.9 Å². The summed E-state index contributed by atoms with van der Waals surface area (Å²) in [4.78, 5) is 13.3. The van der Waals surface area contributed by atoms with Crippen molar-refractivity contribution in [2.75, 3.05) is 18.4 Å². The normalized spacial score (nSPS) is 12.4. The summed E-state index contributed by atoms with van der Waals surface area (Å²) in [5, 5.41) is 23.9. The Balaban J connectivity index is 1.41. The fourth-order valence-electron chi connectivity index (χ4n) is 4.00. The highest BCUT2D eigenvalue weighted by molar-refractivity contribution is 5.96. The van der Waals surface area contributed by atoms with E-state index in [9.17, 15) is 4.79 Å². The number of rotatable bonds is 9. The van der Waals surface area contributed by atoms with Crippen molar-refractivity contribution in [3.05, 3.63) is 113 Å². The molecule has 180 valence electrons. The van der Waals surface area contributed by atoms with Crippen LogP contribution in [0.4, 0.5) is 5.69 Å². The molecule has 0 spiro atoms. The van der Waals surface area contributed by atoms with Crippen molar-refractivity contribution >= 4 is 11.6 Å². The van der Waals surface area contributed by atoms with Gasteiger partial charge in [-0.05, 0) is 60.4 Å². The number of anilines is 1. The third-order valence-electron chi connectivity index (χ3n) is 6.17. The number of nitrogens with one attached hydrogen (secondary N) is 2. The Kier molecular flexibility index (Phi) is 8.17. The average Bonchev–Trinajstić information content (AvgIpc) is 2.92. The summed E-state index contributed by atoms with van der Waals surface area (Å²) in [6, 6.07) is 31.1. The molecule has 3 aromatic carbocycles. The molecular formula is C30H29N5O. The van der Waals surface area contributed by atoms with Gasteiger partial charge in [-0.25, -0.2) is 0 Å². The molecule has 0 aliphatic heterocycles. The van der Waals surface area contributed by atoms with Crippen LogP contribution in [0.15, 0.2) is 91.0 Å². The number of hydrogen-bond donors (Lipinski definition) is 2. The van der Waals surface area contributed by atoms with Crippen molar-refractivity contribution in [1.29, 1.82) is 5.26 Å². The molecule has 0 saturated heterocycles. The summed E-state index contributed by atoms with van der Waals surface area (Å²) in [6.07, 6.45) is 0. The van der Waals surface area contributed by atoms with Crippen LogP contribution in [0.3, 0.4) is 0 Å². The number of carbonyl (C=O) groups excluding carboxylic acids is 1. The van der Waals surface area contributed by atoms with E-state index < -0.39 is 0 Å². The first-order valence-corrected chi connectivity index (χ1v) is 12.0. The molecule has 4 rings (SSSR count). The third kappa shape index (κ3) is 6.41. The van der Waals surface area contributed by atoms with Crippen LogP contribution in [0.25, 0.3) is 11.3 Å². The summed E-state index contributed by atoms with van der Waals surface area (Å²) in [7, 11) is 0. The summed E-state index contributed by atoms with van der Waals surface area (Å²) < 4.78 is 0. The molecule has 0 saturated carbocycles. The maximum Gasteiger partial charge on any atom is 0.233 e. The van der Waals surface area contributed by atoms with Gasteiger partial charge in [0.05, 0.1) is 28.9 Å². The zero-order valence-electron chi connectivity index (χ0n) is 20.5. The number of benzene rings is 3. The lowest BCUT2D eigenvalue weighted by Crippen LogP contribution is -2.32. The minimum atomic E-state index is -0.345. The molecule has 0 aliphatic rings.